The molecule has 2 nitrogen and oxygen atoms in total. The molecule has 2 N–H and O–H groups in total. The molecule has 0 aliphatic rings. The van der Waals surface area contributed by atoms with Gasteiger partial charge in [-0.15, -0.1) is 11.8 Å². The minimum absolute atomic E-state index is 0.400. The van der Waals surface area contributed by atoms with Crippen LogP contribution in [0.25, 0.3) is 0 Å². The monoisotopic (exact) mass is 202 g/mol. The summed E-state index contributed by atoms with van der Waals surface area (Å²) in [5.41, 5.74) is 6.23. The minimum atomic E-state index is 0.400. The van der Waals surface area contributed by atoms with Crippen molar-refractivity contribution in [3.05, 3.63) is 22.8 Å². The molecule has 0 spiro atoms. The van der Waals surface area contributed by atoms with E-state index >= 15 is 0 Å². The van der Waals surface area contributed by atoms with Crippen molar-refractivity contribution in [1.82, 2.24) is 4.98 Å². The second-order valence-corrected chi connectivity index (χ2v) is 3.91. The fourth-order valence-electron chi connectivity index (χ4n) is 0.836. The Morgan fingerprint density at radius 3 is 2.92 bits per heavy atom. The van der Waals surface area contributed by atoms with Crippen molar-refractivity contribution < 1.29 is 0 Å². The van der Waals surface area contributed by atoms with Crippen molar-refractivity contribution >= 4 is 23.4 Å². The van der Waals surface area contributed by atoms with E-state index < -0.39 is 0 Å². The first-order valence-corrected chi connectivity index (χ1v) is 5.12. The topological polar surface area (TPSA) is 38.9 Å². The van der Waals surface area contributed by atoms with Crippen molar-refractivity contribution in [2.45, 2.75) is 18.5 Å². The van der Waals surface area contributed by atoms with Gasteiger partial charge in [-0.3, -0.25) is 0 Å². The minimum Gasteiger partial charge on any atom is -0.325 e. The highest BCUT2D eigenvalue weighted by atomic mass is 35.5. The number of rotatable bonds is 3. The van der Waals surface area contributed by atoms with Crippen molar-refractivity contribution in [3.63, 3.8) is 0 Å². The molecule has 0 atom stereocenters. The van der Waals surface area contributed by atoms with Crippen LogP contribution in [0.15, 0.2) is 17.2 Å². The lowest BCUT2D eigenvalue weighted by Crippen LogP contribution is -2.00. The lowest BCUT2D eigenvalue weighted by atomic mass is 10.3. The largest absolute Gasteiger partial charge is 0.325 e. The van der Waals surface area contributed by atoms with Gasteiger partial charge in [-0.2, -0.15) is 0 Å². The zero-order valence-corrected chi connectivity index (χ0v) is 8.45. The molecule has 12 heavy (non-hydrogen) atoms. The smallest absolute Gasteiger partial charge is 0.0964 e. The molecule has 0 aromatic carbocycles. The van der Waals surface area contributed by atoms with E-state index in [-0.39, 0.29) is 0 Å². The Hall–Kier alpha value is -0.250. The predicted octanol–water partition coefficient (Wildman–Crippen LogP) is 2.31. The lowest BCUT2D eigenvalue weighted by Gasteiger charge is -2.02. The number of hydrogen-bond acceptors (Lipinski definition) is 3. The van der Waals surface area contributed by atoms with Gasteiger partial charge >= 0.3 is 0 Å². The van der Waals surface area contributed by atoms with Crippen LogP contribution in [0.4, 0.5) is 0 Å². The molecule has 0 aliphatic carbocycles. The third-order valence-corrected chi connectivity index (χ3v) is 2.53. The molecule has 4 heteroatoms. The summed E-state index contributed by atoms with van der Waals surface area (Å²) in [6, 6.07) is 3.75. The number of nitrogens with two attached hydrogens (primary N) is 1. The van der Waals surface area contributed by atoms with Gasteiger partial charge in [-0.1, -0.05) is 18.5 Å². The van der Waals surface area contributed by atoms with Gasteiger partial charge in [0.15, 0.2) is 0 Å². The molecule has 0 amide bonds. The Balaban J connectivity index is 2.89. The quantitative estimate of drug-likeness (QED) is 0.765. The first-order chi connectivity index (χ1) is 5.77. The SMILES string of the molecule is CCSc1ccc(Cl)c(CN)n1. The molecule has 0 saturated carbocycles. The first kappa shape index (κ1) is 9.84. The molecule has 1 aromatic rings. The summed E-state index contributed by atoms with van der Waals surface area (Å²) in [7, 11) is 0. The van der Waals surface area contributed by atoms with Crippen LogP contribution in [-0.4, -0.2) is 10.7 Å². The highest BCUT2D eigenvalue weighted by Gasteiger charge is 2.01. The van der Waals surface area contributed by atoms with Crippen LogP contribution in [0.2, 0.25) is 5.02 Å². The molecule has 0 radical (unpaired) electrons. The van der Waals surface area contributed by atoms with Gasteiger partial charge in [0, 0.05) is 6.54 Å². The highest BCUT2D eigenvalue weighted by molar-refractivity contribution is 7.99. The third-order valence-electron chi connectivity index (χ3n) is 1.38. The first-order valence-electron chi connectivity index (χ1n) is 3.76. The summed E-state index contributed by atoms with van der Waals surface area (Å²) in [5, 5.41) is 1.64. The predicted molar refractivity (Wildman–Crippen MR) is 53.5 cm³/mol. The number of nitrogens with zero attached hydrogens (tertiary/aromatic N) is 1. The second kappa shape index (κ2) is 4.70. The number of pyridine rings is 1. The Kier molecular flexibility index (Phi) is 3.85. The maximum absolute atomic E-state index is 5.84. The highest BCUT2D eigenvalue weighted by Crippen LogP contribution is 2.20. The number of thioether (sulfide) groups is 1. The van der Waals surface area contributed by atoms with Gasteiger partial charge in [-0.05, 0) is 17.9 Å². The Morgan fingerprint density at radius 2 is 2.33 bits per heavy atom. The molecule has 0 bridgehead atoms. The van der Waals surface area contributed by atoms with Crippen LogP contribution >= 0.6 is 23.4 Å². The van der Waals surface area contributed by atoms with Crippen LogP contribution in [0.3, 0.4) is 0 Å². The van der Waals surface area contributed by atoms with Gasteiger partial charge < -0.3 is 5.73 Å². The fourth-order valence-corrected chi connectivity index (χ4v) is 1.65. The molecule has 66 valence electrons. The van der Waals surface area contributed by atoms with E-state index in [1.807, 2.05) is 12.1 Å². The van der Waals surface area contributed by atoms with E-state index in [9.17, 15) is 0 Å². The maximum Gasteiger partial charge on any atom is 0.0964 e. The molecule has 0 aliphatic heterocycles. The molecule has 0 unspecified atom stereocenters. The summed E-state index contributed by atoms with van der Waals surface area (Å²) in [4.78, 5) is 4.29. The summed E-state index contributed by atoms with van der Waals surface area (Å²) in [5.74, 6) is 1.01. The van der Waals surface area contributed by atoms with Crippen LogP contribution < -0.4 is 5.73 Å². The van der Waals surface area contributed by atoms with Crippen LogP contribution in [0.1, 0.15) is 12.6 Å². The average Bonchev–Trinajstić information content (AvgIpc) is 2.09. The fraction of sp³-hybridized carbons (Fsp3) is 0.375. The molecule has 1 aromatic heterocycles. The molecule has 1 heterocycles. The molecule has 1 rings (SSSR count). The van der Waals surface area contributed by atoms with Crippen LogP contribution in [-0.2, 0) is 6.54 Å². The molecule has 0 fully saturated rings. The standard InChI is InChI=1S/C8H11ClN2S/c1-2-12-8-4-3-6(9)7(5-10)11-8/h3-4H,2,5,10H2,1H3. The number of aromatic nitrogens is 1. The van der Waals surface area contributed by atoms with Gasteiger partial charge in [0.1, 0.15) is 0 Å². The molecular formula is C8H11ClN2S. The second-order valence-electron chi connectivity index (χ2n) is 2.22. The normalized spacial score (nSPS) is 10.2. The Bertz CT molecular complexity index is 265. The van der Waals surface area contributed by atoms with Crippen molar-refractivity contribution in [1.29, 1.82) is 0 Å². The summed E-state index contributed by atoms with van der Waals surface area (Å²) < 4.78 is 0. The van der Waals surface area contributed by atoms with E-state index in [0.717, 1.165) is 16.5 Å². The van der Waals surface area contributed by atoms with E-state index in [4.69, 9.17) is 17.3 Å². The molecular weight excluding hydrogens is 192 g/mol. The maximum atomic E-state index is 5.84. The van der Waals surface area contributed by atoms with E-state index in [1.165, 1.54) is 0 Å². The van der Waals surface area contributed by atoms with Crippen LogP contribution in [0, 0.1) is 0 Å². The van der Waals surface area contributed by atoms with E-state index in [1.54, 1.807) is 11.8 Å². The zero-order chi connectivity index (χ0) is 8.97. The lowest BCUT2D eigenvalue weighted by molar-refractivity contribution is 0.942. The van der Waals surface area contributed by atoms with Gasteiger partial charge in [0.05, 0.1) is 15.7 Å². The summed E-state index contributed by atoms with van der Waals surface area (Å²) in [6.45, 7) is 2.49. The van der Waals surface area contributed by atoms with Crippen molar-refractivity contribution in [3.8, 4) is 0 Å². The van der Waals surface area contributed by atoms with E-state index in [0.29, 0.717) is 11.6 Å². The summed E-state index contributed by atoms with van der Waals surface area (Å²) >= 11 is 7.53. The summed E-state index contributed by atoms with van der Waals surface area (Å²) in [6.07, 6.45) is 0. The van der Waals surface area contributed by atoms with Crippen molar-refractivity contribution in [2.75, 3.05) is 5.75 Å². The molecule has 0 saturated heterocycles. The Morgan fingerprint density at radius 1 is 1.58 bits per heavy atom. The van der Waals surface area contributed by atoms with Gasteiger partial charge in [0.25, 0.3) is 0 Å². The van der Waals surface area contributed by atoms with Gasteiger partial charge in [0.2, 0.25) is 0 Å². The average molecular weight is 203 g/mol. The number of halogens is 1. The zero-order valence-electron chi connectivity index (χ0n) is 6.88. The Labute approximate surface area is 81.5 Å². The number of hydrogen-bond donors (Lipinski definition) is 1. The van der Waals surface area contributed by atoms with Crippen molar-refractivity contribution in [2.24, 2.45) is 5.73 Å². The third kappa shape index (κ3) is 2.37. The van der Waals surface area contributed by atoms with Crippen LogP contribution in [0.5, 0.6) is 0 Å². The van der Waals surface area contributed by atoms with E-state index in [2.05, 4.69) is 11.9 Å². The van der Waals surface area contributed by atoms with Gasteiger partial charge in [-0.25, -0.2) is 4.98 Å².